The van der Waals surface area contributed by atoms with Gasteiger partial charge < -0.3 is 19.3 Å². The third-order valence-electron chi connectivity index (χ3n) is 4.99. The Bertz CT molecular complexity index is 951. The molecule has 0 aromatic heterocycles. The van der Waals surface area contributed by atoms with E-state index >= 15 is 0 Å². The van der Waals surface area contributed by atoms with Crippen molar-refractivity contribution in [2.45, 2.75) is 0 Å². The van der Waals surface area contributed by atoms with Crippen LogP contribution in [0.5, 0.6) is 11.5 Å². The van der Waals surface area contributed by atoms with E-state index in [1.54, 1.807) is 14.2 Å². The van der Waals surface area contributed by atoms with Gasteiger partial charge in [0.15, 0.2) is 16.7 Å². The van der Waals surface area contributed by atoms with Gasteiger partial charge in [0, 0.05) is 31.9 Å². The number of carbonyl (C=O) groups excluding carboxylic acids is 1. The van der Waals surface area contributed by atoms with Crippen molar-refractivity contribution in [2.75, 3.05) is 45.3 Å². The zero-order valence-corrected chi connectivity index (χ0v) is 17.3. The number of methoxy groups -OCH3 is 2. The van der Waals surface area contributed by atoms with Crippen LogP contribution in [0.25, 0.3) is 6.08 Å². The normalized spacial score (nSPS) is 18.2. The van der Waals surface area contributed by atoms with E-state index in [1.807, 2.05) is 30.3 Å². The van der Waals surface area contributed by atoms with Crippen LogP contribution in [0.1, 0.15) is 5.56 Å². The molecule has 150 valence electrons. The van der Waals surface area contributed by atoms with Crippen LogP contribution in [0, 0.1) is 0 Å². The van der Waals surface area contributed by atoms with E-state index in [4.69, 9.17) is 9.47 Å². The number of nitrogens with zero attached hydrogens (tertiary/aromatic N) is 3. The van der Waals surface area contributed by atoms with Crippen LogP contribution < -0.4 is 14.4 Å². The monoisotopic (exact) mass is 409 g/mol. The van der Waals surface area contributed by atoms with E-state index in [1.165, 1.54) is 17.4 Å². The number of aliphatic imine (C=N–C) groups is 1. The van der Waals surface area contributed by atoms with Gasteiger partial charge in [-0.15, -0.1) is 0 Å². The summed E-state index contributed by atoms with van der Waals surface area (Å²) >= 11 is 1.44. The Kier molecular flexibility index (Phi) is 5.76. The molecule has 1 fully saturated rings. The average molecular weight is 410 g/mol. The summed E-state index contributed by atoms with van der Waals surface area (Å²) < 4.78 is 10.6. The zero-order chi connectivity index (χ0) is 20.2. The van der Waals surface area contributed by atoms with Crippen molar-refractivity contribution in [1.29, 1.82) is 0 Å². The highest BCUT2D eigenvalue weighted by Gasteiger charge is 2.28. The van der Waals surface area contributed by atoms with Gasteiger partial charge in [-0.25, -0.2) is 0 Å². The maximum absolute atomic E-state index is 12.4. The van der Waals surface area contributed by atoms with Gasteiger partial charge in [0.05, 0.1) is 19.1 Å². The fraction of sp³-hybridized carbons (Fsp3) is 0.273. The fourth-order valence-corrected chi connectivity index (χ4v) is 4.39. The highest BCUT2D eigenvalue weighted by Crippen LogP contribution is 2.33. The number of thioether (sulfide) groups is 1. The van der Waals surface area contributed by atoms with Crippen molar-refractivity contribution in [3.63, 3.8) is 0 Å². The Labute approximate surface area is 174 Å². The van der Waals surface area contributed by atoms with Crippen molar-refractivity contribution < 1.29 is 14.3 Å². The Morgan fingerprint density at radius 3 is 2.31 bits per heavy atom. The van der Waals surface area contributed by atoms with Crippen molar-refractivity contribution in [1.82, 2.24) is 4.90 Å². The summed E-state index contributed by atoms with van der Waals surface area (Å²) in [5, 5.41) is 0.787. The van der Waals surface area contributed by atoms with Crippen molar-refractivity contribution in [3.8, 4) is 11.5 Å². The van der Waals surface area contributed by atoms with Crippen molar-refractivity contribution >= 4 is 34.6 Å². The number of hydrogen-bond acceptors (Lipinski definition) is 6. The number of para-hydroxylation sites is 1. The van der Waals surface area contributed by atoms with Gasteiger partial charge in [-0.3, -0.25) is 4.79 Å². The number of benzene rings is 2. The fourth-order valence-electron chi connectivity index (χ4n) is 3.42. The standard InChI is InChI=1S/C22H23N3O3S/c1-27-18-9-8-16(14-19(18)28-2)15-20-21(26)23-22(29-20)25-12-10-24(11-13-25)17-6-4-3-5-7-17/h3-9,14-15H,10-13H2,1-2H3/b20-15+. The first kappa shape index (κ1) is 19.4. The molecule has 0 aliphatic carbocycles. The maximum Gasteiger partial charge on any atom is 0.286 e. The van der Waals surface area contributed by atoms with E-state index in [2.05, 4.69) is 39.1 Å². The molecule has 0 N–H and O–H groups in total. The molecule has 2 aliphatic heterocycles. The van der Waals surface area contributed by atoms with E-state index in [0.29, 0.717) is 16.4 Å². The SMILES string of the molecule is COc1ccc(/C=C2/SC(N3CCN(c4ccccc4)CC3)=NC2=O)cc1OC. The van der Waals surface area contributed by atoms with E-state index < -0.39 is 0 Å². The quantitative estimate of drug-likeness (QED) is 0.721. The second kappa shape index (κ2) is 8.61. The summed E-state index contributed by atoms with van der Waals surface area (Å²) in [4.78, 5) is 21.9. The molecule has 0 unspecified atom stereocenters. The molecule has 2 aliphatic rings. The van der Waals surface area contributed by atoms with Crippen LogP contribution in [0.3, 0.4) is 0 Å². The topological polar surface area (TPSA) is 54.4 Å². The summed E-state index contributed by atoms with van der Waals surface area (Å²) in [5.74, 6) is 1.11. The third kappa shape index (κ3) is 4.24. The van der Waals surface area contributed by atoms with Crippen molar-refractivity contribution in [3.05, 3.63) is 59.0 Å². The molecule has 2 aromatic carbocycles. The molecular weight excluding hydrogens is 386 g/mol. The molecule has 0 radical (unpaired) electrons. The number of carbonyl (C=O) groups is 1. The Morgan fingerprint density at radius 2 is 1.62 bits per heavy atom. The number of amides is 1. The van der Waals surface area contributed by atoms with Gasteiger partial charge in [-0.05, 0) is 47.7 Å². The van der Waals surface area contributed by atoms with Gasteiger partial charge in [-0.2, -0.15) is 4.99 Å². The maximum atomic E-state index is 12.4. The minimum atomic E-state index is -0.190. The van der Waals surface area contributed by atoms with E-state index in [9.17, 15) is 4.79 Å². The Balaban J connectivity index is 1.42. The first-order chi connectivity index (χ1) is 14.2. The lowest BCUT2D eigenvalue weighted by molar-refractivity contribution is -0.113. The predicted molar refractivity (Wildman–Crippen MR) is 118 cm³/mol. The smallest absolute Gasteiger partial charge is 0.286 e. The first-order valence-corrected chi connectivity index (χ1v) is 10.3. The van der Waals surface area contributed by atoms with Gasteiger partial charge in [0.2, 0.25) is 0 Å². The number of rotatable bonds is 4. The minimum Gasteiger partial charge on any atom is -0.493 e. The van der Waals surface area contributed by atoms with Crippen LogP contribution in [-0.2, 0) is 4.79 Å². The molecule has 1 amide bonds. The van der Waals surface area contributed by atoms with Crippen molar-refractivity contribution in [2.24, 2.45) is 4.99 Å². The largest absolute Gasteiger partial charge is 0.493 e. The molecule has 0 bridgehead atoms. The number of amidine groups is 1. The number of piperazine rings is 1. The zero-order valence-electron chi connectivity index (χ0n) is 16.5. The van der Waals surface area contributed by atoms with Crippen LogP contribution in [0.15, 0.2) is 58.4 Å². The van der Waals surface area contributed by atoms with E-state index in [-0.39, 0.29) is 5.91 Å². The summed E-state index contributed by atoms with van der Waals surface area (Å²) in [6, 6.07) is 16.0. The number of anilines is 1. The molecule has 4 rings (SSSR count). The van der Waals surface area contributed by atoms with Gasteiger partial charge in [0.1, 0.15) is 0 Å². The Hall–Kier alpha value is -2.93. The summed E-state index contributed by atoms with van der Waals surface area (Å²) in [7, 11) is 3.20. The van der Waals surface area contributed by atoms with Crippen LogP contribution in [0.2, 0.25) is 0 Å². The van der Waals surface area contributed by atoms with E-state index in [0.717, 1.165) is 36.9 Å². The lowest BCUT2D eigenvalue weighted by Gasteiger charge is -2.36. The molecule has 2 aromatic rings. The second-order valence-corrected chi connectivity index (χ2v) is 7.74. The lowest BCUT2D eigenvalue weighted by atomic mass is 10.2. The highest BCUT2D eigenvalue weighted by molar-refractivity contribution is 8.18. The summed E-state index contributed by atoms with van der Waals surface area (Å²) in [6.07, 6.45) is 1.85. The molecule has 6 nitrogen and oxygen atoms in total. The second-order valence-electron chi connectivity index (χ2n) is 6.73. The van der Waals surface area contributed by atoms with Gasteiger partial charge in [0.25, 0.3) is 5.91 Å². The predicted octanol–water partition coefficient (Wildman–Crippen LogP) is 3.50. The molecule has 7 heteroatoms. The molecule has 0 atom stereocenters. The average Bonchev–Trinajstić information content (AvgIpc) is 3.14. The third-order valence-corrected chi connectivity index (χ3v) is 6.03. The van der Waals surface area contributed by atoms with Crippen LogP contribution in [-0.4, -0.2) is 56.4 Å². The number of hydrogen-bond donors (Lipinski definition) is 0. The van der Waals surface area contributed by atoms with Crippen LogP contribution >= 0.6 is 11.8 Å². The lowest BCUT2D eigenvalue weighted by Crippen LogP contribution is -2.47. The number of ether oxygens (including phenoxy) is 2. The van der Waals surface area contributed by atoms with Crippen LogP contribution in [0.4, 0.5) is 5.69 Å². The Morgan fingerprint density at radius 1 is 0.931 bits per heavy atom. The highest BCUT2D eigenvalue weighted by atomic mass is 32.2. The molecular formula is C22H23N3O3S. The molecule has 29 heavy (non-hydrogen) atoms. The molecule has 0 spiro atoms. The minimum absolute atomic E-state index is 0.190. The first-order valence-electron chi connectivity index (χ1n) is 9.47. The van der Waals surface area contributed by atoms with Gasteiger partial charge >= 0.3 is 0 Å². The summed E-state index contributed by atoms with van der Waals surface area (Å²) in [5.41, 5.74) is 2.11. The van der Waals surface area contributed by atoms with Gasteiger partial charge in [-0.1, -0.05) is 24.3 Å². The summed E-state index contributed by atoms with van der Waals surface area (Å²) in [6.45, 7) is 3.51. The molecule has 1 saturated heterocycles. The molecule has 2 heterocycles. The molecule has 0 saturated carbocycles.